The molecule has 0 aliphatic rings. The number of methoxy groups -OCH3 is 1. The molecule has 2 aromatic carbocycles. The van der Waals surface area contributed by atoms with E-state index in [-0.39, 0.29) is 12.6 Å². The molecular weight excluding hydrogens is 256 g/mol. The van der Waals surface area contributed by atoms with Crippen LogP contribution in [-0.4, -0.2) is 18.2 Å². The van der Waals surface area contributed by atoms with Crippen molar-refractivity contribution in [2.24, 2.45) is 0 Å². The molecule has 4 heteroatoms. The molecule has 104 valence electrons. The number of carbonyl (C=O) groups is 1. The van der Waals surface area contributed by atoms with E-state index in [0.717, 1.165) is 11.1 Å². The van der Waals surface area contributed by atoms with Gasteiger partial charge < -0.3 is 14.6 Å². The van der Waals surface area contributed by atoms with Crippen LogP contribution in [0.2, 0.25) is 0 Å². The van der Waals surface area contributed by atoms with Crippen LogP contribution in [-0.2, 0) is 18.0 Å². The number of rotatable bonds is 5. The summed E-state index contributed by atoms with van der Waals surface area (Å²) in [5.41, 5.74) is 2.38. The molecule has 20 heavy (non-hydrogen) atoms. The number of benzene rings is 2. The summed E-state index contributed by atoms with van der Waals surface area (Å²) in [6.07, 6.45) is 0. The van der Waals surface area contributed by atoms with Crippen molar-refractivity contribution in [3.8, 4) is 5.75 Å². The summed E-state index contributed by atoms with van der Waals surface area (Å²) in [6, 6.07) is 14.3. The highest BCUT2D eigenvalue weighted by Crippen LogP contribution is 2.15. The Morgan fingerprint density at radius 1 is 1.00 bits per heavy atom. The molecule has 0 heterocycles. The van der Waals surface area contributed by atoms with Gasteiger partial charge in [0, 0.05) is 0 Å². The highest BCUT2D eigenvalue weighted by Gasteiger charge is 2.04. The Labute approximate surface area is 117 Å². The standard InChI is InChI=1S/C16H16O4/c1-19-16(18)14-6-8-15(9-7-14)20-11-13-4-2-12(10-17)3-5-13/h2-9,17H,10-11H2,1H3. The van der Waals surface area contributed by atoms with Gasteiger partial charge in [0.15, 0.2) is 0 Å². The average molecular weight is 272 g/mol. The molecule has 2 rings (SSSR count). The minimum atomic E-state index is -0.365. The molecule has 0 aliphatic carbocycles. The number of aliphatic hydroxyl groups excluding tert-OH is 1. The van der Waals surface area contributed by atoms with Gasteiger partial charge in [0.05, 0.1) is 19.3 Å². The van der Waals surface area contributed by atoms with Gasteiger partial charge in [-0.15, -0.1) is 0 Å². The summed E-state index contributed by atoms with van der Waals surface area (Å²) in [5.74, 6) is 0.319. The maximum Gasteiger partial charge on any atom is 0.337 e. The molecule has 0 aromatic heterocycles. The summed E-state index contributed by atoms with van der Waals surface area (Å²) < 4.78 is 10.2. The van der Waals surface area contributed by atoms with Gasteiger partial charge in [0.1, 0.15) is 12.4 Å². The lowest BCUT2D eigenvalue weighted by molar-refractivity contribution is 0.0600. The molecule has 0 unspecified atom stereocenters. The van der Waals surface area contributed by atoms with Crippen molar-refractivity contribution < 1.29 is 19.4 Å². The first kappa shape index (κ1) is 14.1. The van der Waals surface area contributed by atoms with E-state index in [2.05, 4.69) is 4.74 Å². The molecule has 2 aromatic rings. The second-order valence-corrected chi connectivity index (χ2v) is 4.28. The largest absolute Gasteiger partial charge is 0.489 e. The zero-order valence-corrected chi connectivity index (χ0v) is 11.2. The number of carbonyl (C=O) groups excluding carboxylic acids is 1. The lowest BCUT2D eigenvalue weighted by Gasteiger charge is -2.07. The number of aliphatic hydroxyl groups is 1. The van der Waals surface area contributed by atoms with Crippen molar-refractivity contribution >= 4 is 5.97 Å². The third kappa shape index (κ3) is 3.59. The molecule has 0 fully saturated rings. The van der Waals surface area contributed by atoms with E-state index in [0.29, 0.717) is 17.9 Å². The Balaban J connectivity index is 1.94. The van der Waals surface area contributed by atoms with Crippen LogP contribution in [0.15, 0.2) is 48.5 Å². The first-order chi connectivity index (χ1) is 9.72. The molecule has 1 N–H and O–H groups in total. The van der Waals surface area contributed by atoms with Crippen LogP contribution in [0.1, 0.15) is 21.5 Å². The first-order valence-corrected chi connectivity index (χ1v) is 6.23. The van der Waals surface area contributed by atoms with Crippen LogP contribution in [0.5, 0.6) is 5.75 Å². The molecule has 0 bridgehead atoms. The van der Waals surface area contributed by atoms with Crippen molar-refractivity contribution in [3.63, 3.8) is 0 Å². The van der Waals surface area contributed by atoms with Crippen molar-refractivity contribution in [3.05, 3.63) is 65.2 Å². The van der Waals surface area contributed by atoms with Crippen LogP contribution < -0.4 is 4.74 Å². The van der Waals surface area contributed by atoms with E-state index in [4.69, 9.17) is 9.84 Å². The summed E-state index contributed by atoms with van der Waals surface area (Å²) in [4.78, 5) is 11.3. The van der Waals surface area contributed by atoms with Gasteiger partial charge in [-0.2, -0.15) is 0 Å². The van der Waals surface area contributed by atoms with Crippen LogP contribution in [0.25, 0.3) is 0 Å². The fourth-order valence-electron chi connectivity index (χ4n) is 1.71. The van der Waals surface area contributed by atoms with Gasteiger partial charge in [-0.1, -0.05) is 24.3 Å². The molecule has 0 spiro atoms. The highest BCUT2D eigenvalue weighted by molar-refractivity contribution is 5.89. The maximum atomic E-state index is 11.3. The van der Waals surface area contributed by atoms with E-state index in [1.807, 2.05) is 24.3 Å². The third-order valence-corrected chi connectivity index (χ3v) is 2.89. The minimum Gasteiger partial charge on any atom is -0.489 e. The van der Waals surface area contributed by atoms with Gasteiger partial charge in [-0.25, -0.2) is 4.79 Å². The summed E-state index contributed by atoms with van der Waals surface area (Å²) in [6.45, 7) is 0.472. The quantitative estimate of drug-likeness (QED) is 0.850. The summed E-state index contributed by atoms with van der Waals surface area (Å²) in [5, 5.41) is 8.96. The molecule has 4 nitrogen and oxygen atoms in total. The van der Waals surface area contributed by atoms with E-state index >= 15 is 0 Å². The monoisotopic (exact) mass is 272 g/mol. The molecule has 0 saturated carbocycles. The van der Waals surface area contributed by atoms with Crippen molar-refractivity contribution in [1.82, 2.24) is 0 Å². The number of esters is 1. The molecule has 0 amide bonds. The van der Waals surface area contributed by atoms with Crippen LogP contribution >= 0.6 is 0 Å². The molecule has 0 atom stereocenters. The zero-order valence-electron chi connectivity index (χ0n) is 11.2. The molecule has 0 radical (unpaired) electrons. The second-order valence-electron chi connectivity index (χ2n) is 4.28. The number of ether oxygens (including phenoxy) is 2. The van der Waals surface area contributed by atoms with E-state index in [1.165, 1.54) is 7.11 Å². The fraction of sp³-hybridized carbons (Fsp3) is 0.188. The molecule has 0 saturated heterocycles. The molecular formula is C16H16O4. The average Bonchev–Trinajstić information content (AvgIpc) is 2.53. The maximum absolute atomic E-state index is 11.3. The third-order valence-electron chi connectivity index (χ3n) is 2.89. The van der Waals surface area contributed by atoms with Crippen molar-refractivity contribution in [2.45, 2.75) is 13.2 Å². The lowest BCUT2D eigenvalue weighted by Crippen LogP contribution is -2.01. The van der Waals surface area contributed by atoms with Crippen molar-refractivity contribution in [1.29, 1.82) is 0 Å². The lowest BCUT2D eigenvalue weighted by atomic mass is 10.1. The normalized spacial score (nSPS) is 10.1. The number of hydrogen-bond donors (Lipinski definition) is 1. The highest BCUT2D eigenvalue weighted by atomic mass is 16.5. The van der Waals surface area contributed by atoms with Crippen LogP contribution in [0, 0.1) is 0 Å². The van der Waals surface area contributed by atoms with Crippen LogP contribution in [0.4, 0.5) is 0 Å². The first-order valence-electron chi connectivity index (χ1n) is 6.23. The van der Waals surface area contributed by atoms with Gasteiger partial charge in [0.2, 0.25) is 0 Å². The number of hydrogen-bond acceptors (Lipinski definition) is 4. The van der Waals surface area contributed by atoms with Crippen LogP contribution in [0.3, 0.4) is 0 Å². The second kappa shape index (κ2) is 6.73. The van der Waals surface area contributed by atoms with Gasteiger partial charge in [0.25, 0.3) is 0 Å². The van der Waals surface area contributed by atoms with Crippen molar-refractivity contribution in [2.75, 3.05) is 7.11 Å². The Bertz CT molecular complexity index is 558. The predicted octanol–water partition coefficient (Wildman–Crippen LogP) is 2.54. The predicted molar refractivity (Wildman–Crippen MR) is 74.5 cm³/mol. The van der Waals surface area contributed by atoms with Gasteiger partial charge in [-0.3, -0.25) is 0 Å². The Kier molecular flexibility index (Phi) is 4.74. The van der Waals surface area contributed by atoms with E-state index in [9.17, 15) is 4.79 Å². The zero-order chi connectivity index (χ0) is 14.4. The SMILES string of the molecule is COC(=O)c1ccc(OCc2ccc(CO)cc2)cc1. The minimum absolute atomic E-state index is 0.0378. The Morgan fingerprint density at radius 3 is 2.15 bits per heavy atom. The van der Waals surface area contributed by atoms with E-state index < -0.39 is 0 Å². The summed E-state index contributed by atoms with van der Waals surface area (Å²) >= 11 is 0. The topological polar surface area (TPSA) is 55.8 Å². The van der Waals surface area contributed by atoms with E-state index in [1.54, 1.807) is 24.3 Å². The Hall–Kier alpha value is -2.33. The van der Waals surface area contributed by atoms with Gasteiger partial charge in [-0.05, 0) is 35.4 Å². The van der Waals surface area contributed by atoms with Gasteiger partial charge >= 0.3 is 5.97 Å². The molecule has 0 aliphatic heterocycles. The smallest absolute Gasteiger partial charge is 0.337 e. The Morgan fingerprint density at radius 2 is 1.60 bits per heavy atom. The summed E-state index contributed by atoms with van der Waals surface area (Å²) in [7, 11) is 1.35. The fourth-order valence-corrected chi connectivity index (χ4v) is 1.71.